The summed E-state index contributed by atoms with van der Waals surface area (Å²) in [6.45, 7) is 4.12. The molecule has 0 aliphatic rings. The van der Waals surface area contributed by atoms with E-state index in [0.717, 1.165) is 20.8 Å². The van der Waals surface area contributed by atoms with E-state index < -0.39 is 10.0 Å². The summed E-state index contributed by atoms with van der Waals surface area (Å²) >= 11 is 3.38. The van der Waals surface area contributed by atoms with Gasteiger partial charge in [-0.05, 0) is 72.0 Å². The van der Waals surface area contributed by atoms with Crippen LogP contribution in [0.4, 0.5) is 5.69 Å². The highest BCUT2D eigenvalue weighted by molar-refractivity contribution is 9.10. The van der Waals surface area contributed by atoms with Crippen LogP contribution in [0.5, 0.6) is 0 Å². The van der Waals surface area contributed by atoms with Crippen LogP contribution in [0.1, 0.15) is 18.1 Å². The molecular formula is C29H29BrN2O3S. The average molecular weight is 566 g/mol. The van der Waals surface area contributed by atoms with Gasteiger partial charge in [0.25, 0.3) is 10.0 Å². The highest BCUT2D eigenvalue weighted by Gasteiger charge is 2.27. The Hall–Kier alpha value is -3.16. The lowest BCUT2D eigenvalue weighted by atomic mass is 9.96. The Morgan fingerprint density at radius 1 is 0.917 bits per heavy atom. The normalized spacial score (nSPS) is 12.3. The first kappa shape index (κ1) is 25.9. The molecule has 186 valence electrons. The molecule has 1 N–H and O–H groups in total. The van der Waals surface area contributed by atoms with E-state index in [4.69, 9.17) is 0 Å². The highest BCUT2D eigenvalue weighted by Crippen LogP contribution is 2.26. The lowest BCUT2D eigenvalue weighted by molar-refractivity contribution is -0.119. The van der Waals surface area contributed by atoms with Crippen molar-refractivity contribution in [3.63, 3.8) is 0 Å². The first-order valence-electron chi connectivity index (χ1n) is 11.8. The largest absolute Gasteiger partial charge is 0.354 e. The lowest BCUT2D eigenvalue weighted by Gasteiger charge is -2.24. The lowest BCUT2D eigenvalue weighted by Crippen LogP contribution is -2.42. The van der Waals surface area contributed by atoms with Crippen LogP contribution < -0.4 is 9.62 Å². The number of nitrogens with one attached hydrogen (secondary N) is 1. The number of sulfonamides is 1. The molecule has 7 heteroatoms. The molecule has 4 aromatic rings. The van der Waals surface area contributed by atoms with Gasteiger partial charge in [-0.2, -0.15) is 0 Å². The standard InChI is InChI=1S/C29H29BrN2O3S/c1-21-10-16-27(17-11-21)36(34,35)32(26-14-12-25(30)13-15-26)20-29(33)31-19-22(2)18-24-8-5-7-23-6-3-4-9-28(23)24/h3-17,22H,18-20H2,1-2H3,(H,31,33). The molecule has 0 fully saturated rings. The fourth-order valence-electron chi connectivity index (χ4n) is 4.15. The Kier molecular flexibility index (Phi) is 8.11. The number of carbonyl (C=O) groups is 1. The monoisotopic (exact) mass is 564 g/mol. The molecule has 1 amide bonds. The second-order valence-electron chi connectivity index (χ2n) is 9.05. The van der Waals surface area contributed by atoms with Crippen molar-refractivity contribution >= 4 is 48.3 Å². The van der Waals surface area contributed by atoms with Crippen molar-refractivity contribution in [1.82, 2.24) is 5.32 Å². The summed E-state index contributed by atoms with van der Waals surface area (Å²) in [6.07, 6.45) is 0.805. The van der Waals surface area contributed by atoms with Gasteiger partial charge in [-0.1, -0.05) is 83.0 Å². The van der Waals surface area contributed by atoms with Gasteiger partial charge in [0, 0.05) is 11.0 Å². The first-order valence-corrected chi connectivity index (χ1v) is 14.1. The highest BCUT2D eigenvalue weighted by atomic mass is 79.9. The van der Waals surface area contributed by atoms with Crippen molar-refractivity contribution in [1.29, 1.82) is 0 Å². The van der Waals surface area contributed by atoms with Crippen molar-refractivity contribution in [3.8, 4) is 0 Å². The second-order valence-corrected chi connectivity index (χ2v) is 11.8. The molecule has 0 radical (unpaired) electrons. The molecule has 0 spiro atoms. The number of nitrogens with zero attached hydrogens (tertiary/aromatic N) is 1. The quantitative estimate of drug-likeness (QED) is 0.267. The van der Waals surface area contributed by atoms with Gasteiger partial charge in [0.05, 0.1) is 10.6 Å². The maximum atomic E-state index is 13.5. The van der Waals surface area contributed by atoms with Crippen molar-refractivity contribution in [2.24, 2.45) is 5.92 Å². The van der Waals surface area contributed by atoms with Gasteiger partial charge in [-0.3, -0.25) is 9.10 Å². The number of fused-ring (bicyclic) bond motifs is 1. The molecule has 36 heavy (non-hydrogen) atoms. The van der Waals surface area contributed by atoms with E-state index in [9.17, 15) is 13.2 Å². The number of aryl methyl sites for hydroxylation is 1. The molecule has 4 rings (SSSR count). The summed E-state index contributed by atoms with van der Waals surface area (Å²) in [5.41, 5.74) is 2.62. The number of amides is 1. The minimum atomic E-state index is -3.93. The SMILES string of the molecule is Cc1ccc(S(=O)(=O)N(CC(=O)NCC(C)Cc2cccc3ccccc23)c2ccc(Br)cc2)cc1. The Balaban J connectivity index is 1.47. The zero-order valence-electron chi connectivity index (χ0n) is 20.3. The van der Waals surface area contributed by atoms with Crippen LogP contribution in [-0.2, 0) is 21.2 Å². The van der Waals surface area contributed by atoms with Crippen LogP contribution in [0.3, 0.4) is 0 Å². The van der Waals surface area contributed by atoms with Gasteiger partial charge in [0.15, 0.2) is 0 Å². The molecule has 0 bridgehead atoms. The number of halogens is 1. The van der Waals surface area contributed by atoms with E-state index in [1.54, 1.807) is 48.5 Å². The molecule has 0 aliphatic heterocycles. The number of carbonyl (C=O) groups excluding carboxylic acids is 1. The van der Waals surface area contributed by atoms with E-state index in [0.29, 0.717) is 12.2 Å². The minimum Gasteiger partial charge on any atom is -0.354 e. The Labute approximate surface area is 221 Å². The van der Waals surface area contributed by atoms with Crippen LogP contribution >= 0.6 is 15.9 Å². The summed E-state index contributed by atoms with van der Waals surface area (Å²) in [6, 6.07) is 28.1. The van der Waals surface area contributed by atoms with Gasteiger partial charge in [0.2, 0.25) is 5.91 Å². The molecule has 1 atom stereocenters. The summed E-state index contributed by atoms with van der Waals surface area (Å²) in [7, 11) is -3.93. The van der Waals surface area contributed by atoms with E-state index in [2.05, 4.69) is 58.5 Å². The number of hydrogen-bond acceptors (Lipinski definition) is 3. The van der Waals surface area contributed by atoms with E-state index in [1.807, 2.05) is 19.1 Å². The van der Waals surface area contributed by atoms with Gasteiger partial charge in [-0.15, -0.1) is 0 Å². The predicted octanol–water partition coefficient (Wildman–Crippen LogP) is 6.10. The van der Waals surface area contributed by atoms with E-state index >= 15 is 0 Å². The average Bonchev–Trinajstić information content (AvgIpc) is 2.87. The third-order valence-corrected chi connectivity index (χ3v) is 8.42. The molecular weight excluding hydrogens is 536 g/mol. The first-order chi connectivity index (χ1) is 17.2. The molecule has 5 nitrogen and oxygen atoms in total. The summed E-state index contributed by atoms with van der Waals surface area (Å²) in [5.74, 6) is -0.173. The zero-order valence-corrected chi connectivity index (χ0v) is 22.7. The second kappa shape index (κ2) is 11.3. The smallest absolute Gasteiger partial charge is 0.264 e. The number of anilines is 1. The van der Waals surface area contributed by atoms with Crippen molar-refractivity contribution in [2.45, 2.75) is 25.2 Å². The number of benzene rings is 4. The number of hydrogen-bond donors (Lipinski definition) is 1. The molecule has 4 aromatic carbocycles. The number of rotatable bonds is 9. The fraction of sp³-hybridized carbons (Fsp3) is 0.207. The Morgan fingerprint density at radius 2 is 1.58 bits per heavy atom. The predicted molar refractivity (Wildman–Crippen MR) is 150 cm³/mol. The summed E-state index contributed by atoms with van der Waals surface area (Å²) in [4.78, 5) is 13.1. The van der Waals surface area contributed by atoms with Gasteiger partial charge in [-0.25, -0.2) is 8.42 Å². The van der Waals surface area contributed by atoms with Crippen LogP contribution in [0.2, 0.25) is 0 Å². The third-order valence-electron chi connectivity index (χ3n) is 6.11. The van der Waals surface area contributed by atoms with Crippen LogP contribution in [0.15, 0.2) is 100 Å². The maximum absolute atomic E-state index is 13.5. The molecule has 0 heterocycles. The van der Waals surface area contributed by atoms with Crippen LogP contribution in [-0.4, -0.2) is 27.4 Å². The molecule has 0 aromatic heterocycles. The van der Waals surface area contributed by atoms with Gasteiger partial charge >= 0.3 is 0 Å². The molecule has 0 saturated carbocycles. The van der Waals surface area contributed by atoms with E-state index in [1.165, 1.54) is 16.3 Å². The molecule has 0 saturated heterocycles. The summed E-state index contributed by atoms with van der Waals surface area (Å²) < 4.78 is 29.0. The minimum absolute atomic E-state index is 0.146. The van der Waals surface area contributed by atoms with Crippen LogP contribution in [0, 0.1) is 12.8 Å². The Morgan fingerprint density at radius 3 is 2.31 bits per heavy atom. The molecule has 1 unspecified atom stereocenters. The third kappa shape index (κ3) is 6.15. The van der Waals surface area contributed by atoms with E-state index in [-0.39, 0.29) is 23.3 Å². The van der Waals surface area contributed by atoms with Crippen molar-refractivity contribution < 1.29 is 13.2 Å². The zero-order chi connectivity index (χ0) is 25.7. The van der Waals surface area contributed by atoms with Crippen molar-refractivity contribution in [2.75, 3.05) is 17.4 Å². The maximum Gasteiger partial charge on any atom is 0.264 e. The van der Waals surface area contributed by atoms with Crippen molar-refractivity contribution in [3.05, 3.63) is 107 Å². The fourth-order valence-corrected chi connectivity index (χ4v) is 5.84. The topological polar surface area (TPSA) is 66.5 Å². The molecule has 0 aliphatic carbocycles. The van der Waals surface area contributed by atoms with Crippen LogP contribution in [0.25, 0.3) is 10.8 Å². The van der Waals surface area contributed by atoms with Gasteiger partial charge < -0.3 is 5.32 Å². The Bertz CT molecular complexity index is 1450. The van der Waals surface area contributed by atoms with Gasteiger partial charge in [0.1, 0.15) is 6.54 Å². The summed E-state index contributed by atoms with van der Waals surface area (Å²) in [5, 5.41) is 5.34.